The molecule has 1 aromatic heterocycles. The van der Waals surface area contributed by atoms with Crippen molar-refractivity contribution in [1.82, 2.24) is 0 Å². The van der Waals surface area contributed by atoms with Crippen molar-refractivity contribution in [3.63, 3.8) is 0 Å². The molecule has 0 spiro atoms. The van der Waals surface area contributed by atoms with E-state index in [1.54, 1.807) is 24.4 Å². The molecule has 0 bridgehead atoms. The highest BCUT2D eigenvalue weighted by Crippen LogP contribution is 2.48. The quantitative estimate of drug-likeness (QED) is 0.123. The van der Waals surface area contributed by atoms with Crippen LogP contribution >= 0.6 is 11.3 Å². The fourth-order valence-electron chi connectivity index (χ4n) is 3.67. The number of nitrogens with two attached hydrogens (primary N) is 1. The number of benzene rings is 2. The number of aromatic carboxylic acids is 1. The SMILES string of the molecule is COc1cc(C(=O)O)c2c(c1C)OC(=O)c1c(C)cc(O)c(/C(=N\N)C(=O)c3cccs3)c1O2. The summed E-state index contributed by atoms with van der Waals surface area (Å²) in [5.74, 6) is 1.60. The second-order valence-corrected chi connectivity index (χ2v) is 8.23. The minimum absolute atomic E-state index is 0.126. The van der Waals surface area contributed by atoms with Gasteiger partial charge in [0.05, 0.1) is 17.6 Å². The molecule has 11 heteroatoms. The molecule has 3 aromatic rings. The zero-order valence-corrected chi connectivity index (χ0v) is 19.0. The number of methoxy groups -OCH3 is 1. The number of carboxylic acids is 1. The van der Waals surface area contributed by atoms with Crippen LogP contribution in [-0.4, -0.2) is 40.8 Å². The van der Waals surface area contributed by atoms with E-state index in [-0.39, 0.29) is 55.8 Å². The predicted octanol–water partition coefficient (Wildman–Crippen LogP) is 3.65. The lowest BCUT2D eigenvalue weighted by atomic mass is 9.96. The number of esters is 1. The highest BCUT2D eigenvalue weighted by atomic mass is 32.1. The second-order valence-electron chi connectivity index (χ2n) is 7.28. The maximum absolute atomic E-state index is 13.2. The van der Waals surface area contributed by atoms with E-state index >= 15 is 0 Å². The summed E-state index contributed by atoms with van der Waals surface area (Å²) in [6.45, 7) is 3.09. The largest absolute Gasteiger partial charge is 0.507 e. The molecule has 10 nitrogen and oxygen atoms in total. The Balaban J connectivity index is 2.04. The summed E-state index contributed by atoms with van der Waals surface area (Å²) in [5.41, 5.74) is -0.560. The number of nitrogens with zero attached hydrogens (tertiary/aromatic N) is 1. The van der Waals surface area contributed by atoms with E-state index in [9.17, 15) is 24.6 Å². The summed E-state index contributed by atoms with van der Waals surface area (Å²) in [6, 6.07) is 5.66. The van der Waals surface area contributed by atoms with Crippen LogP contribution in [0, 0.1) is 13.8 Å². The number of carbonyl (C=O) groups excluding carboxylic acids is 2. The number of Topliss-reactive ketones (excluding diaryl/α,β-unsaturated/α-hetero) is 1. The predicted molar refractivity (Wildman–Crippen MR) is 122 cm³/mol. The van der Waals surface area contributed by atoms with Crippen molar-refractivity contribution < 1.29 is 38.8 Å². The number of hydrogen-bond donors (Lipinski definition) is 3. The van der Waals surface area contributed by atoms with Gasteiger partial charge in [0.15, 0.2) is 17.2 Å². The van der Waals surface area contributed by atoms with E-state index < -0.39 is 23.5 Å². The molecule has 0 saturated heterocycles. The Morgan fingerprint density at radius 3 is 2.47 bits per heavy atom. The molecule has 0 fully saturated rings. The van der Waals surface area contributed by atoms with E-state index in [1.165, 1.54) is 26.2 Å². The molecule has 174 valence electrons. The number of phenols is 1. The Hall–Kier alpha value is -4.38. The molecule has 4 rings (SSSR count). The number of ether oxygens (including phenoxy) is 3. The van der Waals surface area contributed by atoms with E-state index in [2.05, 4.69) is 5.10 Å². The summed E-state index contributed by atoms with van der Waals surface area (Å²) in [5, 5.41) is 25.8. The molecule has 0 saturated carbocycles. The number of aromatic hydroxyl groups is 1. The molecule has 0 atom stereocenters. The van der Waals surface area contributed by atoms with Crippen molar-refractivity contribution in [2.24, 2.45) is 10.9 Å². The summed E-state index contributed by atoms with van der Waals surface area (Å²) in [6.07, 6.45) is 0. The zero-order valence-electron chi connectivity index (χ0n) is 18.2. The van der Waals surface area contributed by atoms with Gasteiger partial charge in [0.1, 0.15) is 28.3 Å². The van der Waals surface area contributed by atoms with Crippen molar-refractivity contribution in [3.8, 4) is 28.7 Å². The number of aryl methyl sites for hydroxylation is 1. The van der Waals surface area contributed by atoms with Gasteiger partial charge in [-0.1, -0.05) is 6.07 Å². The average Bonchev–Trinajstić information content (AvgIpc) is 3.27. The number of ketones is 1. The molecular formula is C23H18N2O8S. The van der Waals surface area contributed by atoms with Gasteiger partial charge in [-0.15, -0.1) is 11.3 Å². The number of rotatable bonds is 5. The van der Waals surface area contributed by atoms with Gasteiger partial charge in [-0.3, -0.25) is 4.79 Å². The first-order valence-corrected chi connectivity index (χ1v) is 10.6. The minimum atomic E-state index is -1.38. The maximum Gasteiger partial charge on any atom is 0.347 e. The third-order valence-corrected chi connectivity index (χ3v) is 6.14. The molecule has 0 unspecified atom stereocenters. The van der Waals surface area contributed by atoms with Crippen molar-refractivity contribution >= 4 is 34.8 Å². The Morgan fingerprint density at radius 1 is 1.15 bits per heavy atom. The molecule has 0 radical (unpaired) electrons. The van der Waals surface area contributed by atoms with Gasteiger partial charge in [0.25, 0.3) is 0 Å². The lowest BCUT2D eigenvalue weighted by molar-refractivity contribution is 0.0685. The van der Waals surface area contributed by atoms with E-state index in [4.69, 9.17) is 20.1 Å². The van der Waals surface area contributed by atoms with Crippen molar-refractivity contribution in [2.75, 3.05) is 7.11 Å². The molecule has 4 N–H and O–H groups in total. The topological polar surface area (TPSA) is 158 Å². The van der Waals surface area contributed by atoms with Gasteiger partial charge < -0.3 is 30.3 Å². The number of phenolic OH excluding ortho intramolecular Hbond substituents is 1. The van der Waals surface area contributed by atoms with Crippen LogP contribution in [0.2, 0.25) is 0 Å². The van der Waals surface area contributed by atoms with Crippen LogP contribution in [0.1, 0.15) is 47.1 Å². The number of hydrazone groups is 1. The molecule has 0 aliphatic carbocycles. The van der Waals surface area contributed by atoms with E-state index in [1.807, 2.05) is 0 Å². The standard InChI is InChI=1S/C23H18N2O8S/c1-9-7-12(26)16(17(25-24)18(27)14-5-4-6-34-14)21-15(9)23(30)33-19-10(2)13(31-3)8-11(22(28)29)20(19)32-21/h4-8,26H,24H2,1-3H3,(H,28,29)/b25-17+. The Kier molecular flexibility index (Phi) is 5.71. The number of fused-ring (bicyclic) bond motifs is 2. The van der Waals surface area contributed by atoms with Crippen LogP contribution in [0.25, 0.3) is 0 Å². The van der Waals surface area contributed by atoms with Crippen molar-refractivity contribution in [1.29, 1.82) is 0 Å². The smallest absolute Gasteiger partial charge is 0.347 e. The first kappa shape index (κ1) is 22.8. The molecule has 1 aliphatic heterocycles. The highest BCUT2D eigenvalue weighted by molar-refractivity contribution is 7.13. The molecule has 2 heterocycles. The fraction of sp³-hybridized carbons (Fsp3) is 0.130. The van der Waals surface area contributed by atoms with E-state index in [0.717, 1.165) is 11.3 Å². The highest BCUT2D eigenvalue weighted by Gasteiger charge is 2.36. The van der Waals surface area contributed by atoms with Crippen molar-refractivity contribution in [2.45, 2.75) is 13.8 Å². The second kappa shape index (κ2) is 8.52. The van der Waals surface area contributed by atoms with Gasteiger partial charge in [-0.05, 0) is 43.0 Å². The van der Waals surface area contributed by atoms with Gasteiger partial charge in [-0.25, -0.2) is 9.59 Å². The Morgan fingerprint density at radius 2 is 1.88 bits per heavy atom. The van der Waals surface area contributed by atoms with Crippen molar-refractivity contribution in [3.05, 3.63) is 62.3 Å². The van der Waals surface area contributed by atoms with Gasteiger partial charge >= 0.3 is 11.9 Å². The number of carbonyl (C=O) groups is 3. The molecular weight excluding hydrogens is 464 g/mol. The minimum Gasteiger partial charge on any atom is -0.507 e. The number of hydrogen-bond acceptors (Lipinski definition) is 10. The van der Waals surface area contributed by atoms with Gasteiger partial charge in [0, 0.05) is 5.56 Å². The average molecular weight is 482 g/mol. The van der Waals surface area contributed by atoms with Gasteiger partial charge in [0.2, 0.25) is 5.78 Å². The number of thiophene rings is 1. The summed E-state index contributed by atoms with van der Waals surface area (Å²) < 4.78 is 16.7. The number of carboxylic acid groups (broad SMARTS) is 1. The first-order chi connectivity index (χ1) is 16.2. The summed E-state index contributed by atoms with van der Waals surface area (Å²) in [7, 11) is 1.34. The lowest BCUT2D eigenvalue weighted by Crippen LogP contribution is -2.20. The third kappa shape index (κ3) is 3.52. The van der Waals surface area contributed by atoms with Crippen LogP contribution in [0.4, 0.5) is 0 Å². The van der Waals surface area contributed by atoms with Crippen LogP contribution in [-0.2, 0) is 0 Å². The normalized spacial score (nSPS) is 12.7. The Labute approximate surface area is 196 Å². The lowest BCUT2D eigenvalue weighted by Gasteiger charge is -2.17. The van der Waals surface area contributed by atoms with Crippen LogP contribution in [0.5, 0.6) is 28.7 Å². The summed E-state index contributed by atoms with van der Waals surface area (Å²) in [4.78, 5) is 38.5. The third-order valence-electron chi connectivity index (χ3n) is 5.27. The zero-order chi connectivity index (χ0) is 24.7. The first-order valence-electron chi connectivity index (χ1n) is 9.77. The molecule has 34 heavy (non-hydrogen) atoms. The Bertz CT molecular complexity index is 1390. The monoisotopic (exact) mass is 482 g/mol. The molecule has 0 amide bonds. The molecule has 1 aliphatic rings. The van der Waals surface area contributed by atoms with E-state index in [0.29, 0.717) is 5.56 Å². The van der Waals surface area contributed by atoms with Crippen LogP contribution in [0.15, 0.2) is 34.7 Å². The van der Waals surface area contributed by atoms with Gasteiger partial charge in [-0.2, -0.15) is 5.10 Å². The fourth-order valence-corrected chi connectivity index (χ4v) is 4.33. The van der Waals surface area contributed by atoms with Crippen LogP contribution < -0.4 is 20.1 Å². The van der Waals surface area contributed by atoms with Crippen LogP contribution in [0.3, 0.4) is 0 Å². The maximum atomic E-state index is 13.2. The summed E-state index contributed by atoms with van der Waals surface area (Å²) >= 11 is 1.13. The molecule has 2 aromatic carbocycles.